The third kappa shape index (κ3) is 3.00. The highest BCUT2D eigenvalue weighted by Gasteiger charge is 2.03. The van der Waals surface area contributed by atoms with E-state index in [9.17, 15) is 4.79 Å². The zero-order valence-electron chi connectivity index (χ0n) is 10.4. The van der Waals surface area contributed by atoms with Gasteiger partial charge in [-0.2, -0.15) is 0 Å². The summed E-state index contributed by atoms with van der Waals surface area (Å²) in [5, 5.41) is 3.05. The molecular weight excluding hydrogens is 230 g/mol. The number of aryl methyl sites for hydroxylation is 1. The van der Waals surface area contributed by atoms with E-state index in [-0.39, 0.29) is 5.56 Å². The molecule has 0 aliphatic carbocycles. The van der Waals surface area contributed by atoms with E-state index in [4.69, 9.17) is 4.42 Å². The fourth-order valence-electron chi connectivity index (χ4n) is 1.74. The van der Waals surface area contributed by atoms with E-state index in [0.29, 0.717) is 18.9 Å². The zero-order valence-corrected chi connectivity index (χ0v) is 10.4. The topological polar surface area (TPSA) is 60.1 Å². The summed E-state index contributed by atoms with van der Waals surface area (Å²) in [7, 11) is 0. The Morgan fingerprint density at radius 2 is 2.39 bits per heavy atom. The highest BCUT2D eigenvalue weighted by molar-refractivity contribution is 5.30. The maximum atomic E-state index is 12.0. The zero-order chi connectivity index (χ0) is 12.8. The van der Waals surface area contributed by atoms with Gasteiger partial charge in [-0.05, 0) is 18.6 Å². The van der Waals surface area contributed by atoms with Crippen LogP contribution >= 0.6 is 0 Å². The molecule has 0 aliphatic heterocycles. The van der Waals surface area contributed by atoms with E-state index in [1.165, 1.54) is 0 Å². The molecule has 1 N–H and O–H groups in total. The third-order valence-corrected chi connectivity index (χ3v) is 2.62. The second-order valence-corrected chi connectivity index (χ2v) is 4.03. The Morgan fingerprint density at radius 3 is 3.11 bits per heavy atom. The van der Waals surface area contributed by atoms with Crippen LogP contribution in [0.3, 0.4) is 0 Å². The average Bonchev–Trinajstić information content (AvgIpc) is 2.87. The highest BCUT2D eigenvalue weighted by Crippen LogP contribution is 2.01. The van der Waals surface area contributed by atoms with E-state index < -0.39 is 0 Å². The van der Waals surface area contributed by atoms with E-state index >= 15 is 0 Å². The largest absolute Gasteiger partial charge is 0.469 e. The third-order valence-electron chi connectivity index (χ3n) is 2.62. The summed E-state index contributed by atoms with van der Waals surface area (Å²) >= 11 is 0. The van der Waals surface area contributed by atoms with Gasteiger partial charge in [-0.1, -0.05) is 6.92 Å². The number of hydrogen-bond donors (Lipinski definition) is 1. The van der Waals surface area contributed by atoms with Crippen LogP contribution < -0.4 is 10.9 Å². The molecular formula is C13H17N3O2. The van der Waals surface area contributed by atoms with Gasteiger partial charge < -0.3 is 14.3 Å². The number of rotatable bonds is 6. The monoisotopic (exact) mass is 247 g/mol. The van der Waals surface area contributed by atoms with Gasteiger partial charge in [0.25, 0.3) is 5.56 Å². The second kappa shape index (κ2) is 6.05. The summed E-state index contributed by atoms with van der Waals surface area (Å²) in [5.41, 5.74) is -0.0706. The standard InChI is InChI=1S/C13H17N3O2/c1-2-8-16-9-7-15-12(13(16)17)14-6-5-11-4-3-10-18-11/h3-4,7,9-10H,2,5-6,8H2,1H3,(H,14,15). The predicted octanol–water partition coefficient (Wildman–Crippen LogP) is 1.90. The van der Waals surface area contributed by atoms with Gasteiger partial charge >= 0.3 is 0 Å². The molecule has 5 heteroatoms. The minimum Gasteiger partial charge on any atom is -0.469 e. The molecule has 0 spiro atoms. The Hall–Kier alpha value is -2.04. The molecule has 2 aromatic heterocycles. The summed E-state index contributed by atoms with van der Waals surface area (Å²) < 4.78 is 6.89. The molecule has 0 saturated carbocycles. The average molecular weight is 247 g/mol. The minimum absolute atomic E-state index is 0.0706. The van der Waals surface area contributed by atoms with Crippen molar-refractivity contribution < 1.29 is 4.42 Å². The van der Waals surface area contributed by atoms with Gasteiger partial charge in [0.15, 0.2) is 5.82 Å². The number of nitrogens with one attached hydrogen (secondary N) is 1. The minimum atomic E-state index is -0.0706. The van der Waals surface area contributed by atoms with Crippen LogP contribution in [0.25, 0.3) is 0 Å². The van der Waals surface area contributed by atoms with Crippen LogP contribution in [0.15, 0.2) is 40.0 Å². The molecule has 0 unspecified atom stereocenters. The highest BCUT2D eigenvalue weighted by atomic mass is 16.3. The fraction of sp³-hybridized carbons (Fsp3) is 0.385. The van der Waals surface area contributed by atoms with Crippen LogP contribution in [0.5, 0.6) is 0 Å². The second-order valence-electron chi connectivity index (χ2n) is 4.03. The van der Waals surface area contributed by atoms with Crippen molar-refractivity contribution in [2.75, 3.05) is 11.9 Å². The molecule has 0 aliphatic rings. The molecule has 2 aromatic rings. The molecule has 18 heavy (non-hydrogen) atoms. The Balaban J connectivity index is 1.97. The smallest absolute Gasteiger partial charge is 0.293 e. The molecule has 96 valence electrons. The molecule has 2 heterocycles. The Bertz CT molecular complexity index is 531. The van der Waals surface area contributed by atoms with Crippen molar-refractivity contribution in [2.45, 2.75) is 26.3 Å². The van der Waals surface area contributed by atoms with Gasteiger partial charge in [-0.3, -0.25) is 4.79 Å². The van der Waals surface area contributed by atoms with Crippen molar-refractivity contribution in [3.63, 3.8) is 0 Å². The predicted molar refractivity (Wildman–Crippen MR) is 69.7 cm³/mol. The quantitative estimate of drug-likeness (QED) is 0.847. The van der Waals surface area contributed by atoms with Crippen molar-refractivity contribution in [3.05, 3.63) is 46.9 Å². The number of furan rings is 1. The van der Waals surface area contributed by atoms with Crippen molar-refractivity contribution >= 4 is 5.82 Å². The Morgan fingerprint density at radius 1 is 1.50 bits per heavy atom. The van der Waals surface area contributed by atoms with Gasteiger partial charge in [-0.25, -0.2) is 4.98 Å². The van der Waals surface area contributed by atoms with Crippen LogP contribution in [-0.2, 0) is 13.0 Å². The molecule has 2 rings (SSSR count). The molecule has 0 bridgehead atoms. The lowest BCUT2D eigenvalue weighted by molar-refractivity contribution is 0.512. The molecule has 0 amide bonds. The summed E-state index contributed by atoms with van der Waals surface area (Å²) in [6.45, 7) is 3.39. The van der Waals surface area contributed by atoms with Crippen LogP contribution in [0.1, 0.15) is 19.1 Å². The molecule has 0 saturated heterocycles. The van der Waals surface area contributed by atoms with Crippen LogP contribution in [0.4, 0.5) is 5.82 Å². The van der Waals surface area contributed by atoms with Crippen LogP contribution in [0, 0.1) is 0 Å². The molecule has 0 aromatic carbocycles. The maximum absolute atomic E-state index is 12.0. The summed E-state index contributed by atoms with van der Waals surface area (Å²) in [4.78, 5) is 16.0. The normalized spacial score (nSPS) is 10.5. The SMILES string of the molecule is CCCn1ccnc(NCCc2ccco2)c1=O. The Labute approximate surface area is 105 Å². The summed E-state index contributed by atoms with van der Waals surface area (Å²) in [5.74, 6) is 1.30. The van der Waals surface area contributed by atoms with Crippen LogP contribution in [-0.4, -0.2) is 16.1 Å². The van der Waals surface area contributed by atoms with Crippen LogP contribution in [0.2, 0.25) is 0 Å². The van der Waals surface area contributed by atoms with E-state index in [0.717, 1.165) is 18.6 Å². The van der Waals surface area contributed by atoms with Crippen molar-refractivity contribution in [3.8, 4) is 0 Å². The van der Waals surface area contributed by atoms with E-state index in [2.05, 4.69) is 10.3 Å². The van der Waals surface area contributed by atoms with Gasteiger partial charge in [0.05, 0.1) is 6.26 Å². The van der Waals surface area contributed by atoms with E-state index in [1.54, 1.807) is 23.2 Å². The van der Waals surface area contributed by atoms with Gasteiger partial charge in [-0.15, -0.1) is 0 Å². The number of anilines is 1. The lowest BCUT2D eigenvalue weighted by Crippen LogP contribution is -2.25. The van der Waals surface area contributed by atoms with Crippen molar-refractivity contribution in [2.24, 2.45) is 0 Å². The lowest BCUT2D eigenvalue weighted by Gasteiger charge is -2.07. The van der Waals surface area contributed by atoms with Gasteiger partial charge in [0.1, 0.15) is 5.76 Å². The first kappa shape index (κ1) is 12.4. The maximum Gasteiger partial charge on any atom is 0.293 e. The molecule has 0 atom stereocenters. The number of aromatic nitrogens is 2. The Kier molecular flexibility index (Phi) is 4.17. The summed E-state index contributed by atoms with van der Waals surface area (Å²) in [6.07, 6.45) is 6.66. The lowest BCUT2D eigenvalue weighted by atomic mass is 10.3. The van der Waals surface area contributed by atoms with Gasteiger partial charge in [0.2, 0.25) is 0 Å². The summed E-state index contributed by atoms with van der Waals surface area (Å²) in [6, 6.07) is 3.76. The number of hydrogen-bond acceptors (Lipinski definition) is 4. The molecule has 0 fully saturated rings. The molecule has 0 radical (unpaired) electrons. The first-order chi connectivity index (χ1) is 8.81. The van der Waals surface area contributed by atoms with Crippen molar-refractivity contribution in [1.29, 1.82) is 0 Å². The first-order valence-electron chi connectivity index (χ1n) is 6.13. The molecule has 5 nitrogen and oxygen atoms in total. The van der Waals surface area contributed by atoms with Crippen molar-refractivity contribution in [1.82, 2.24) is 9.55 Å². The van der Waals surface area contributed by atoms with E-state index in [1.807, 2.05) is 19.1 Å². The van der Waals surface area contributed by atoms with Gasteiger partial charge in [0, 0.05) is 31.9 Å². The fourth-order valence-corrected chi connectivity index (χ4v) is 1.74. The number of nitrogens with zero attached hydrogens (tertiary/aromatic N) is 2. The first-order valence-corrected chi connectivity index (χ1v) is 6.13.